The van der Waals surface area contributed by atoms with Crippen molar-refractivity contribution in [1.29, 1.82) is 10.8 Å². The highest BCUT2D eigenvalue weighted by atomic mass is 35.5. The van der Waals surface area contributed by atoms with Crippen molar-refractivity contribution in [2.75, 3.05) is 11.9 Å². The van der Waals surface area contributed by atoms with Crippen molar-refractivity contribution in [2.24, 2.45) is 0 Å². The second-order valence-corrected chi connectivity index (χ2v) is 5.34. The van der Waals surface area contributed by atoms with Crippen molar-refractivity contribution < 1.29 is 0 Å². The molecular weight excluding hydrogens is 269 g/mol. The third-order valence-electron chi connectivity index (χ3n) is 3.41. The summed E-state index contributed by atoms with van der Waals surface area (Å²) in [5.41, 5.74) is 1.06. The number of halogens is 2. The Kier molecular flexibility index (Phi) is 6.24. The summed E-state index contributed by atoms with van der Waals surface area (Å²) in [5, 5.41) is 13.5. The molecule has 1 saturated carbocycles. The summed E-state index contributed by atoms with van der Waals surface area (Å²) in [4.78, 5) is 2.29. The molecule has 3 nitrogen and oxygen atoms in total. The van der Waals surface area contributed by atoms with Gasteiger partial charge in [-0.15, -0.1) is 0 Å². The van der Waals surface area contributed by atoms with Crippen LogP contribution in [0.5, 0.6) is 0 Å². The fraction of sp³-hybridized carbons (Fsp3) is 0.538. The maximum atomic E-state index is 6.21. The van der Waals surface area contributed by atoms with E-state index in [2.05, 4.69) is 11.9 Å². The highest BCUT2D eigenvalue weighted by molar-refractivity contribution is 6.35. The van der Waals surface area contributed by atoms with Crippen molar-refractivity contribution in [3.05, 3.63) is 28.2 Å². The highest BCUT2D eigenvalue weighted by Crippen LogP contribution is 2.32. The summed E-state index contributed by atoms with van der Waals surface area (Å²) < 4.78 is 0. The largest absolute Gasteiger partial charge is 0.370 e. The van der Waals surface area contributed by atoms with Crippen LogP contribution >= 0.6 is 23.2 Å². The SMILES string of the molecule is CN(c1cc(Cl)ccc1Cl)C1CCCCC1.N#N. The smallest absolute Gasteiger partial charge is 0.0640 e. The normalized spacial score (nSPS) is 15.6. The van der Waals surface area contributed by atoms with E-state index in [1.807, 2.05) is 18.2 Å². The molecule has 98 valence electrons. The van der Waals surface area contributed by atoms with Gasteiger partial charge in [-0.2, -0.15) is 0 Å². The van der Waals surface area contributed by atoms with Crippen molar-refractivity contribution in [3.8, 4) is 0 Å². The van der Waals surface area contributed by atoms with Crippen LogP contribution in [0.25, 0.3) is 0 Å². The molecule has 0 aliphatic heterocycles. The van der Waals surface area contributed by atoms with Crippen molar-refractivity contribution >= 4 is 28.9 Å². The number of hydrogen-bond acceptors (Lipinski definition) is 3. The molecule has 5 heteroatoms. The summed E-state index contributed by atoms with van der Waals surface area (Å²) >= 11 is 12.2. The average Bonchev–Trinajstić information content (AvgIpc) is 2.44. The molecule has 0 radical (unpaired) electrons. The van der Waals surface area contributed by atoms with Gasteiger partial charge in [-0.3, -0.25) is 0 Å². The van der Waals surface area contributed by atoms with Gasteiger partial charge in [0.1, 0.15) is 0 Å². The zero-order valence-electron chi connectivity index (χ0n) is 10.4. The van der Waals surface area contributed by atoms with Gasteiger partial charge in [-0.1, -0.05) is 42.5 Å². The molecule has 0 N–H and O–H groups in total. The van der Waals surface area contributed by atoms with Crippen molar-refractivity contribution in [3.63, 3.8) is 0 Å². The lowest BCUT2D eigenvalue weighted by Gasteiger charge is -2.33. The summed E-state index contributed by atoms with van der Waals surface area (Å²) in [6.07, 6.45) is 6.55. The van der Waals surface area contributed by atoms with Crippen LogP contribution in [0.4, 0.5) is 5.69 Å². The number of nitrogens with zero attached hydrogens (tertiary/aromatic N) is 3. The van der Waals surface area contributed by atoms with Crippen molar-refractivity contribution in [2.45, 2.75) is 38.1 Å². The molecule has 0 atom stereocenters. The molecule has 1 aliphatic carbocycles. The van der Waals surface area contributed by atoms with E-state index in [-0.39, 0.29) is 0 Å². The van der Waals surface area contributed by atoms with Gasteiger partial charge in [-0.05, 0) is 31.0 Å². The van der Waals surface area contributed by atoms with Gasteiger partial charge in [0.15, 0.2) is 0 Å². The molecule has 18 heavy (non-hydrogen) atoms. The minimum atomic E-state index is 0.615. The first-order valence-electron chi connectivity index (χ1n) is 6.06. The lowest BCUT2D eigenvalue weighted by Crippen LogP contribution is -2.33. The number of benzene rings is 1. The molecule has 0 saturated heterocycles. The molecule has 1 aromatic carbocycles. The highest BCUT2D eigenvalue weighted by Gasteiger charge is 2.19. The van der Waals surface area contributed by atoms with E-state index in [1.165, 1.54) is 32.1 Å². The molecule has 0 unspecified atom stereocenters. The van der Waals surface area contributed by atoms with Gasteiger partial charge in [-0.25, -0.2) is 0 Å². The predicted molar refractivity (Wildman–Crippen MR) is 75.2 cm³/mol. The lowest BCUT2D eigenvalue weighted by molar-refractivity contribution is 0.427. The number of hydrogen-bond donors (Lipinski definition) is 0. The molecule has 1 fully saturated rings. The summed E-state index contributed by atoms with van der Waals surface area (Å²) in [6, 6.07) is 6.28. The van der Waals surface area contributed by atoms with Crippen LogP contribution in [0.2, 0.25) is 10.0 Å². The van der Waals surface area contributed by atoms with E-state index in [0.717, 1.165) is 15.7 Å². The molecule has 0 aromatic heterocycles. The van der Waals surface area contributed by atoms with Crippen LogP contribution in [0, 0.1) is 10.8 Å². The Balaban J connectivity index is 0.000000771. The third-order valence-corrected chi connectivity index (χ3v) is 3.97. The number of anilines is 1. The minimum absolute atomic E-state index is 0.615. The summed E-state index contributed by atoms with van der Waals surface area (Å²) in [5.74, 6) is 0. The average molecular weight is 286 g/mol. The van der Waals surface area contributed by atoms with E-state index in [9.17, 15) is 0 Å². The quantitative estimate of drug-likeness (QED) is 0.734. The predicted octanol–water partition coefficient (Wildman–Crippen LogP) is 4.79. The van der Waals surface area contributed by atoms with Crippen LogP contribution in [0.1, 0.15) is 32.1 Å². The molecular formula is C13H17Cl2N3. The van der Waals surface area contributed by atoms with Gasteiger partial charge >= 0.3 is 0 Å². The van der Waals surface area contributed by atoms with E-state index in [1.54, 1.807) is 0 Å². The molecule has 2 rings (SSSR count). The van der Waals surface area contributed by atoms with E-state index in [0.29, 0.717) is 6.04 Å². The van der Waals surface area contributed by atoms with Crippen LogP contribution < -0.4 is 4.90 Å². The Hall–Kier alpha value is -0.980. The van der Waals surface area contributed by atoms with Crippen LogP contribution in [-0.2, 0) is 0 Å². The van der Waals surface area contributed by atoms with Gasteiger partial charge < -0.3 is 4.90 Å². The first-order chi connectivity index (χ1) is 8.68. The maximum Gasteiger partial charge on any atom is 0.0640 e. The Morgan fingerprint density at radius 3 is 2.33 bits per heavy atom. The Bertz CT molecular complexity index is 400. The van der Waals surface area contributed by atoms with E-state index >= 15 is 0 Å². The fourth-order valence-corrected chi connectivity index (χ4v) is 2.84. The van der Waals surface area contributed by atoms with E-state index in [4.69, 9.17) is 34.0 Å². The topological polar surface area (TPSA) is 50.8 Å². The van der Waals surface area contributed by atoms with E-state index < -0.39 is 0 Å². The monoisotopic (exact) mass is 285 g/mol. The van der Waals surface area contributed by atoms with Crippen LogP contribution in [-0.4, -0.2) is 13.1 Å². The van der Waals surface area contributed by atoms with Crippen LogP contribution in [0.3, 0.4) is 0 Å². The fourth-order valence-electron chi connectivity index (χ4n) is 2.42. The van der Waals surface area contributed by atoms with Gasteiger partial charge in [0.25, 0.3) is 0 Å². The molecule has 1 aliphatic rings. The summed E-state index contributed by atoms with van der Waals surface area (Å²) in [7, 11) is 2.12. The zero-order valence-corrected chi connectivity index (χ0v) is 12.0. The van der Waals surface area contributed by atoms with Crippen LogP contribution in [0.15, 0.2) is 18.2 Å². The van der Waals surface area contributed by atoms with Gasteiger partial charge in [0.05, 0.1) is 10.7 Å². The van der Waals surface area contributed by atoms with Gasteiger partial charge in [0, 0.05) is 28.9 Å². The standard InChI is InChI=1S/C13H17Cl2N.N2/c1-16(11-5-3-2-4-6-11)13-9-10(14)7-8-12(13)15;1-2/h7-9,11H,2-6H2,1H3;. The van der Waals surface area contributed by atoms with Gasteiger partial charge in [0.2, 0.25) is 0 Å². The first kappa shape index (κ1) is 15.1. The Morgan fingerprint density at radius 1 is 1.11 bits per heavy atom. The minimum Gasteiger partial charge on any atom is -0.370 e. The molecule has 0 spiro atoms. The Morgan fingerprint density at radius 2 is 1.72 bits per heavy atom. The molecule has 1 aromatic rings. The number of rotatable bonds is 2. The second-order valence-electron chi connectivity index (χ2n) is 4.50. The first-order valence-corrected chi connectivity index (χ1v) is 6.82. The zero-order chi connectivity index (χ0) is 13.5. The molecule has 0 amide bonds. The molecule has 0 heterocycles. The van der Waals surface area contributed by atoms with Crippen molar-refractivity contribution in [1.82, 2.24) is 0 Å². The maximum absolute atomic E-state index is 6.21. The Labute approximate surface area is 118 Å². The second kappa shape index (κ2) is 7.45. The third kappa shape index (κ3) is 3.76. The molecule has 0 bridgehead atoms. The lowest BCUT2D eigenvalue weighted by atomic mass is 9.94. The summed E-state index contributed by atoms with van der Waals surface area (Å²) in [6.45, 7) is 0.